The van der Waals surface area contributed by atoms with E-state index in [2.05, 4.69) is 10.0 Å². The minimum absolute atomic E-state index is 0.171. The number of aryl methyl sites for hydroxylation is 1. The van der Waals surface area contributed by atoms with Crippen molar-refractivity contribution in [3.8, 4) is 11.1 Å². The van der Waals surface area contributed by atoms with Crippen LogP contribution in [0.5, 0.6) is 0 Å². The first-order chi connectivity index (χ1) is 15.9. The van der Waals surface area contributed by atoms with Gasteiger partial charge in [-0.15, -0.1) is 0 Å². The zero-order valence-electron chi connectivity index (χ0n) is 18.2. The molecule has 166 valence electrons. The Bertz CT molecular complexity index is 1350. The Morgan fingerprint density at radius 1 is 0.758 bits per heavy atom. The second-order valence-electron chi connectivity index (χ2n) is 7.69. The largest absolute Gasteiger partial charge is 0.348 e. The van der Waals surface area contributed by atoms with E-state index in [0.717, 1.165) is 22.3 Å². The second-order valence-corrected chi connectivity index (χ2v) is 9.37. The molecule has 1 amide bonds. The van der Waals surface area contributed by atoms with Gasteiger partial charge in [0.1, 0.15) is 0 Å². The number of benzene rings is 4. The Morgan fingerprint density at radius 3 is 2.06 bits per heavy atom. The summed E-state index contributed by atoms with van der Waals surface area (Å²) in [7, 11) is -3.75. The van der Waals surface area contributed by atoms with Crippen LogP contribution in [-0.4, -0.2) is 14.3 Å². The first-order valence-electron chi connectivity index (χ1n) is 10.5. The van der Waals surface area contributed by atoms with Crippen LogP contribution in [0.25, 0.3) is 11.1 Å². The smallest absolute Gasteiger partial charge is 0.261 e. The molecule has 33 heavy (non-hydrogen) atoms. The van der Waals surface area contributed by atoms with Gasteiger partial charge in [-0.3, -0.25) is 9.52 Å². The van der Waals surface area contributed by atoms with Crippen LogP contribution in [-0.2, 0) is 16.6 Å². The third-order valence-electron chi connectivity index (χ3n) is 5.32. The first-order valence-corrected chi connectivity index (χ1v) is 12.0. The lowest BCUT2D eigenvalue weighted by molar-refractivity contribution is 0.0951. The Labute approximate surface area is 194 Å². The maximum Gasteiger partial charge on any atom is 0.261 e. The van der Waals surface area contributed by atoms with Gasteiger partial charge in [0.2, 0.25) is 0 Å². The summed E-state index contributed by atoms with van der Waals surface area (Å²) < 4.78 is 28.2. The van der Waals surface area contributed by atoms with Gasteiger partial charge in [-0.1, -0.05) is 66.7 Å². The number of rotatable bonds is 7. The second kappa shape index (κ2) is 9.71. The number of nitrogens with one attached hydrogen (secondary N) is 2. The summed E-state index contributed by atoms with van der Waals surface area (Å²) in [6.45, 7) is 2.44. The van der Waals surface area contributed by atoms with Crippen molar-refractivity contribution in [1.29, 1.82) is 0 Å². The predicted octanol–water partition coefficient (Wildman–Crippen LogP) is 5.39. The average molecular weight is 457 g/mol. The van der Waals surface area contributed by atoms with E-state index in [-0.39, 0.29) is 10.8 Å². The molecule has 0 spiro atoms. The lowest BCUT2D eigenvalue weighted by Crippen LogP contribution is -2.22. The summed E-state index contributed by atoms with van der Waals surface area (Å²) in [5.41, 5.74) is 4.99. The van der Waals surface area contributed by atoms with Crippen LogP contribution in [0.4, 0.5) is 5.69 Å². The molecule has 0 heterocycles. The van der Waals surface area contributed by atoms with E-state index in [1.165, 1.54) is 0 Å². The maximum atomic E-state index is 12.8. The van der Waals surface area contributed by atoms with Crippen LogP contribution in [0.2, 0.25) is 0 Å². The highest BCUT2D eigenvalue weighted by Crippen LogP contribution is 2.25. The fourth-order valence-electron chi connectivity index (χ4n) is 3.49. The van der Waals surface area contributed by atoms with Crippen molar-refractivity contribution in [2.75, 3.05) is 4.72 Å². The van der Waals surface area contributed by atoms with E-state index in [1.807, 2.05) is 61.5 Å². The SMILES string of the molecule is Cc1ccccc1-c1ccc(S(=O)(=O)Nc2ccc(C(=O)NCc3ccccc3)cc2)cc1. The highest BCUT2D eigenvalue weighted by Gasteiger charge is 2.15. The number of carbonyl (C=O) groups is 1. The zero-order chi connectivity index (χ0) is 23.3. The van der Waals surface area contributed by atoms with Crippen molar-refractivity contribution in [1.82, 2.24) is 5.32 Å². The van der Waals surface area contributed by atoms with Crippen molar-refractivity contribution >= 4 is 21.6 Å². The first kappa shape index (κ1) is 22.3. The van der Waals surface area contributed by atoms with Gasteiger partial charge in [-0.2, -0.15) is 0 Å². The summed E-state index contributed by atoms with van der Waals surface area (Å²) in [4.78, 5) is 12.5. The maximum absolute atomic E-state index is 12.8. The minimum atomic E-state index is -3.75. The van der Waals surface area contributed by atoms with E-state index in [9.17, 15) is 13.2 Å². The van der Waals surface area contributed by atoms with Crippen molar-refractivity contribution in [3.63, 3.8) is 0 Å². The summed E-state index contributed by atoms with van der Waals surface area (Å²) in [6.07, 6.45) is 0. The lowest BCUT2D eigenvalue weighted by Gasteiger charge is -2.11. The molecular formula is C27H24N2O3S. The Hall–Kier alpha value is -3.90. The molecular weight excluding hydrogens is 432 g/mol. The molecule has 0 radical (unpaired) electrons. The molecule has 6 heteroatoms. The number of amides is 1. The van der Waals surface area contributed by atoms with Gasteiger partial charge in [0.15, 0.2) is 0 Å². The molecule has 2 N–H and O–H groups in total. The zero-order valence-corrected chi connectivity index (χ0v) is 19.0. The monoisotopic (exact) mass is 456 g/mol. The molecule has 0 saturated heterocycles. The molecule has 5 nitrogen and oxygen atoms in total. The van der Waals surface area contributed by atoms with E-state index in [4.69, 9.17) is 0 Å². The molecule has 0 unspecified atom stereocenters. The molecule has 4 aromatic carbocycles. The quantitative estimate of drug-likeness (QED) is 0.391. The van der Waals surface area contributed by atoms with Crippen molar-refractivity contribution in [3.05, 3.63) is 120 Å². The lowest BCUT2D eigenvalue weighted by atomic mass is 10.0. The van der Waals surface area contributed by atoms with Gasteiger partial charge in [0.25, 0.3) is 15.9 Å². The van der Waals surface area contributed by atoms with Crippen LogP contribution >= 0.6 is 0 Å². The van der Waals surface area contributed by atoms with Crippen molar-refractivity contribution in [2.24, 2.45) is 0 Å². The van der Waals surface area contributed by atoms with Crippen LogP contribution in [0, 0.1) is 6.92 Å². The predicted molar refractivity (Wildman–Crippen MR) is 131 cm³/mol. The highest BCUT2D eigenvalue weighted by molar-refractivity contribution is 7.92. The fraction of sp³-hybridized carbons (Fsp3) is 0.0741. The number of sulfonamides is 1. The molecule has 0 aromatic heterocycles. The Balaban J connectivity index is 1.41. The number of hydrogen-bond acceptors (Lipinski definition) is 3. The summed E-state index contributed by atoms with van der Waals surface area (Å²) in [5, 5.41) is 2.85. The third kappa shape index (κ3) is 5.48. The highest BCUT2D eigenvalue weighted by atomic mass is 32.2. The van der Waals surface area contributed by atoms with Crippen LogP contribution in [0.15, 0.2) is 108 Å². The Kier molecular flexibility index (Phi) is 6.56. The Morgan fingerprint density at radius 2 is 1.39 bits per heavy atom. The minimum Gasteiger partial charge on any atom is -0.348 e. The molecule has 0 saturated carbocycles. The van der Waals surface area contributed by atoms with Crippen LogP contribution in [0.1, 0.15) is 21.5 Å². The van der Waals surface area contributed by atoms with Gasteiger partial charge in [-0.05, 0) is 65.6 Å². The van der Waals surface area contributed by atoms with E-state index in [0.29, 0.717) is 17.8 Å². The average Bonchev–Trinajstić information content (AvgIpc) is 2.84. The number of carbonyl (C=O) groups excluding carboxylic acids is 1. The van der Waals surface area contributed by atoms with Gasteiger partial charge in [0.05, 0.1) is 4.90 Å². The van der Waals surface area contributed by atoms with Gasteiger partial charge in [-0.25, -0.2) is 8.42 Å². The molecule has 0 fully saturated rings. The van der Waals surface area contributed by atoms with Gasteiger partial charge < -0.3 is 5.32 Å². The summed E-state index contributed by atoms with van der Waals surface area (Å²) in [5.74, 6) is -0.222. The molecule has 4 aromatic rings. The molecule has 4 rings (SSSR count). The molecule has 0 aliphatic heterocycles. The molecule has 0 bridgehead atoms. The van der Waals surface area contributed by atoms with E-state index < -0.39 is 10.0 Å². The summed E-state index contributed by atoms with van der Waals surface area (Å²) in [6, 6.07) is 30.7. The van der Waals surface area contributed by atoms with Gasteiger partial charge in [0, 0.05) is 17.8 Å². The molecule has 0 aliphatic rings. The van der Waals surface area contributed by atoms with Crippen molar-refractivity contribution in [2.45, 2.75) is 18.4 Å². The van der Waals surface area contributed by atoms with E-state index in [1.54, 1.807) is 48.5 Å². The van der Waals surface area contributed by atoms with Gasteiger partial charge >= 0.3 is 0 Å². The number of hydrogen-bond donors (Lipinski definition) is 2. The third-order valence-corrected chi connectivity index (χ3v) is 6.71. The summed E-state index contributed by atoms with van der Waals surface area (Å²) >= 11 is 0. The molecule has 0 atom stereocenters. The topological polar surface area (TPSA) is 75.3 Å². The standard InChI is InChI=1S/C27H24N2O3S/c1-20-7-5-6-10-26(20)22-13-17-25(18-14-22)33(31,32)29-24-15-11-23(12-16-24)27(30)28-19-21-8-3-2-4-9-21/h2-18,29H,19H2,1H3,(H,28,30). The van der Waals surface area contributed by atoms with Crippen LogP contribution in [0.3, 0.4) is 0 Å². The number of anilines is 1. The van der Waals surface area contributed by atoms with E-state index >= 15 is 0 Å². The fourth-order valence-corrected chi connectivity index (χ4v) is 4.55. The van der Waals surface area contributed by atoms with Crippen LogP contribution < -0.4 is 10.0 Å². The molecule has 0 aliphatic carbocycles. The van der Waals surface area contributed by atoms with Crippen molar-refractivity contribution < 1.29 is 13.2 Å². The normalized spacial score (nSPS) is 11.1.